The Balaban J connectivity index is 0.000000686. The second kappa shape index (κ2) is 16.5. The van der Waals surface area contributed by atoms with E-state index in [2.05, 4.69) is 37.1 Å². The predicted molar refractivity (Wildman–Crippen MR) is 132 cm³/mol. The summed E-state index contributed by atoms with van der Waals surface area (Å²) in [6, 6.07) is 5.72. The highest BCUT2D eigenvalue weighted by Crippen LogP contribution is 2.17. The van der Waals surface area contributed by atoms with Crippen molar-refractivity contribution in [2.45, 2.75) is 58.0 Å². The fourth-order valence-electron chi connectivity index (χ4n) is 2.71. The van der Waals surface area contributed by atoms with Gasteiger partial charge in [0.1, 0.15) is 18.6 Å². The lowest BCUT2D eigenvalue weighted by Gasteiger charge is -2.16. The van der Waals surface area contributed by atoms with Crippen molar-refractivity contribution in [2.24, 2.45) is 11.7 Å². The van der Waals surface area contributed by atoms with E-state index in [0.717, 1.165) is 12.0 Å². The summed E-state index contributed by atoms with van der Waals surface area (Å²) in [4.78, 5) is 54.5. The van der Waals surface area contributed by atoms with Crippen LogP contribution in [-0.4, -0.2) is 69.4 Å². The standard InChI is InChI=1S/C13H18O2.C10H17N3O6S/c1-9(2)8-11-4-6-12(7-5-11)10(3)13(14)15;11-5(10(18)19)1-2-7(14)13-6(4-20)9(17)12-3-8(15)16/h4-7,9-10H,8H2,1-3H3,(H,14,15);5-6,20H,1-4,11H2,(H,12,17)(H,13,14)(H,15,16)(H,18,19). The van der Waals surface area contributed by atoms with Gasteiger partial charge in [-0.3, -0.25) is 24.0 Å². The van der Waals surface area contributed by atoms with Gasteiger partial charge in [-0.15, -0.1) is 0 Å². The maximum atomic E-state index is 11.5. The van der Waals surface area contributed by atoms with Crippen molar-refractivity contribution in [3.8, 4) is 0 Å². The zero-order valence-electron chi connectivity index (χ0n) is 20.1. The third kappa shape index (κ3) is 14.0. The van der Waals surface area contributed by atoms with E-state index in [4.69, 9.17) is 21.1 Å². The summed E-state index contributed by atoms with van der Waals surface area (Å²) in [5.41, 5.74) is 7.37. The Morgan fingerprint density at radius 2 is 1.54 bits per heavy atom. The van der Waals surface area contributed by atoms with Gasteiger partial charge >= 0.3 is 17.9 Å². The third-order valence-corrected chi connectivity index (χ3v) is 5.11. The van der Waals surface area contributed by atoms with Crippen LogP contribution in [0.15, 0.2) is 24.3 Å². The Bertz CT molecular complexity index is 861. The summed E-state index contributed by atoms with van der Waals surface area (Å²) in [5.74, 6) is -4.26. The highest BCUT2D eigenvalue weighted by Gasteiger charge is 2.21. The molecule has 0 saturated heterocycles. The number of carbonyl (C=O) groups excluding carboxylic acids is 2. The summed E-state index contributed by atoms with van der Waals surface area (Å²) < 4.78 is 0. The molecule has 35 heavy (non-hydrogen) atoms. The van der Waals surface area contributed by atoms with Crippen molar-refractivity contribution in [2.75, 3.05) is 12.3 Å². The van der Waals surface area contributed by atoms with Gasteiger partial charge in [-0.2, -0.15) is 12.6 Å². The number of carboxylic acid groups (broad SMARTS) is 3. The molecule has 11 nitrogen and oxygen atoms in total. The highest BCUT2D eigenvalue weighted by atomic mass is 32.1. The van der Waals surface area contributed by atoms with Crippen LogP contribution >= 0.6 is 12.6 Å². The molecule has 12 heteroatoms. The number of nitrogens with two attached hydrogens (primary N) is 1. The highest BCUT2D eigenvalue weighted by molar-refractivity contribution is 7.80. The molecular formula is C23H35N3O8S. The molecule has 0 radical (unpaired) electrons. The summed E-state index contributed by atoms with van der Waals surface area (Å²) in [7, 11) is 0. The van der Waals surface area contributed by atoms with Crippen molar-refractivity contribution in [1.82, 2.24) is 10.6 Å². The fraction of sp³-hybridized carbons (Fsp3) is 0.522. The van der Waals surface area contributed by atoms with Gasteiger partial charge in [0.05, 0.1) is 5.92 Å². The first kappa shape index (κ1) is 31.9. The molecule has 196 valence electrons. The van der Waals surface area contributed by atoms with Gasteiger partial charge in [0, 0.05) is 12.2 Å². The number of nitrogens with one attached hydrogen (secondary N) is 2. The number of hydrogen-bond donors (Lipinski definition) is 7. The second-order valence-corrected chi connectivity index (χ2v) is 8.66. The molecule has 1 aromatic rings. The van der Waals surface area contributed by atoms with E-state index in [1.807, 2.05) is 24.3 Å². The van der Waals surface area contributed by atoms with Crippen LogP contribution in [-0.2, 0) is 30.4 Å². The molecule has 0 aliphatic carbocycles. The van der Waals surface area contributed by atoms with Gasteiger partial charge in [-0.25, -0.2) is 0 Å². The quantitative estimate of drug-likeness (QED) is 0.187. The first-order valence-electron chi connectivity index (χ1n) is 11.0. The smallest absolute Gasteiger partial charge is 0.322 e. The molecule has 0 spiro atoms. The van der Waals surface area contributed by atoms with Crippen LogP contribution in [0.4, 0.5) is 0 Å². The SMILES string of the molecule is CC(C)Cc1ccc(C(C)C(=O)O)cc1.NC(CCC(=O)NC(CS)C(=O)NCC(=O)O)C(=O)O. The maximum absolute atomic E-state index is 11.5. The van der Waals surface area contributed by atoms with Gasteiger partial charge in [0.15, 0.2) is 0 Å². The Morgan fingerprint density at radius 3 is 1.97 bits per heavy atom. The van der Waals surface area contributed by atoms with Crippen molar-refractivity contribution in [3.63, 3.8) is 0 Å². The van der Waals surface area contributed by atoms with E-state index in [1.165, 1.54) is 5.56 Å². The number of carboxylic acids is 3. The minimum absolute atomic E-state index is 0.0256. The van der Waals surface area contributed by atoms with Gasteiger partial charge in [-0.05, 0) is 36.8 Å². The van der Waals surface area contributed by atoms with Crippen LogP contribution in [0.5, 0.6) is 0 Å². The van der Waals surface area contributed by atoms with Crippen LogP contribution in [0.3, 0.4) is 0 Å². The number of benzene rings is 1. The number of rotatable bonds is 13. The van der Waals surface area contributed by atoms with Crippen LogP contribution in [0.1, 0.15) is 50.7 Å². The van der Waals surface area contributed by atoms with Gasteiger partial charge in [-0.1, -0.05) is 38.1 Å². The lowest BCUT2D eigenvalue weighted by Crippen LogP contribution is -2.49. The summed E-state index contributed by atoms with van der Waals surface area (Å²) in [6.45, 7) is 5.49. The zero-order chi connectivity index (χ0) is 27.1. The summed E-state index contributed by atoms with van der Waals surface area (Å²) in [5, 5.41) is 30.2. The summed E-state index contributed by atoms with van der Waals surface area (Å²) in [6.07, 6.45) is 0.808. The average Bonchev–Trinajstić information content (AvgIpc) is 2.79. The average molecular weight is 514 g/mol. The summed E-state index contributed by atoms with van der Waals surface area (Å²) >= 11 is 3.87. The molecule has 0 heterocycles. The minimum Gasteiger partial charge on any atom is -0.481 e. The lowest BCUT2D eigenvalue weighted by molar-refractivity contribution is -0.139. The first-order chi connectivity index (χ1) is 16.3. The second-order valence-electron chi connectivity index (χ2n) is 8.30. The van der Waals surface area contributed by atoms with Gasteiger partial charge in [0.2, 0.25) is 11.8 Å². The Kier molecular flexibility index (Phi) is 15.0. The van der Waals surface area contributed by atoms with E-state index >= 15 is 0 Å². The van der Waals surface area contributed by atoms with Crippen LogP contribution in [0.2, 0.25) is 0 Å². The largest absolute Gasteiger partial charge is 0.481 e. The van der Waals surface area contributed by atoms with Crippen molar-refractivity contribution < 1.29 is 39.3 Å². The first-order valence-corrected chi connectivity index (χ1v) is 11.6. The molecule has 0 aliphatic heterocycles. The van der Waals surface area contributed by atoms with Gasteiger partial charge in [0.25, 0.3) is 0 Å². The molecular weight excluding hydrogens is 478 g/mol. The van der Waals surface area contributed by atoms with Crippen LogP contribution in [0, 0.1) is 5.92 Å². The zero-order valence-corrected chi connectivity index (χ0v) is 21.0. The topological polar surface area (TPSA) is 196 Å². The molecule has 1 aromatic carbocycles. The molecule has 3 atom stereocenters. The van der Waals surface area contributed by atoms with E-state index in [1.54, 1.807) is 6.92 Å². The molecule has 0 saturated carbocycles. The van der Waals surface area contributed by atoms with Crippen LogP contribution < -0.4 is 16.4 Å². The Labute approximate surface area is 209 Å². The maximum Gasteiger partial charge on any atom is 0.322 e. The number of aliphatic carboxylic acids is 3. The van der Waals surface area contributed by atoms with E-state index in [-0.39, 0.29) is 18.6 Å². The third-order valence-electron chi connectivity index (χ3n) is 4.74. The number of hydrogen-bond acceptors (Lipinski definition) is 7. The predicted octanol–water partition coefficient (Wildman–Crippen LogP) is 0.867. The minimum atomic E-state index is -1.22. The monoisotopic (exact) mass is 513 g/mol. The number of carbonyl (C=O) groups is 5. The van der Waals surface area contributed by atoms with Crippen molar-refractivity contribution in [3.05, 3.63) is 35.4 Å². The lowest BCUT2D eigenvalue weighted by atomic mass is 9.97. The molecule has 3 unspecified atom stereocenters. The van der Waals surface area contributed by atoms with Crippen LogP contribution in [0.25, 0.3) is 0 Å². The van der Waals surface area contributed by atoms with E-state index < -0.39 is 54.3 Å². The molecule has 1 rings (SSSR count). The van der Waals surface area contributed by atoms with Crippen molar-refractivity contribution >= 4 is 42.4 Å². The fourth-order valence-corrected chi connectivity index (χ4v) is 2.97. The Hall–Kier alpha value is -3.12. The molecule has 2 amide bonds. The number of amides is 2. The van der Waals surface area contributed by atoms with Gasteiger partial charge < -0.3 is 31.7 Å². The van der Waals surface area contributed by atoms with E-state index in [0.29, 0.717) is 5.92 Å². The van der Waals surface area contributed by atoms with E-state index in [9.17, 15) is 24.0 Å². The molecule has 0 aliphatic rings. The number of thiol groups is 1. The normalized spacial score (nSPS) is 13.0. The Morgan fingerprint density at radius 1 is 0.971 bits per heavy atom. The molecule has 7 N–H and O–H groups in total. The molecule has 0 aromatic heterocycles. The molecule has 0 fully saturated rings. The molecule has 0 bridgehead atoms. The van der Waals surface area contributed by atoms with Crippen molar-refractivity contribution in [1.29, 1.82) is 0 Å².